The van der Waals surface area contributed by atoms with Gasteiger partial charge in [-0.3, -0.25) is 9.78 Å². The summed E-state index contributed by atoms with van der Waals surface area (Å²) in [6.07, 6.45) is 3.95. The molecule has 0 aliphatic carbocycles. The van der Waals surface area contributed by atoms with Gasteiger partial charge in [0.2, 0.25) is 0 Å². The zero-order valence-electron chi connectivity index (χ0n) is 11.4. The lowest BCUT2D eigenvalue weighted by molar-refractivity contribution is 0.0752. The summed E-state index contributed by atoms with van der Waals surface area (Å²) in [7, 11) is 0. The summed E-state index contributed by atoms with van der Waals surface area (Å²) < 4.78 is 0. The Morgan fingerprint density at radius 3 is 2.63 bits per heavy atom. The maximum absolute atomic E-state index is 12.5. The Hall–Kier alpha value is -1.42. The first-order valence-corrected chi connectivity index (χ1v) is 7.17. The van der Waals surface area contributed by atoms with E-state index in [1.165, 1.54) is 0 Å². The van der Waals surface area contributed by atoms with E-state index < -0.39 is 0 Å². The molecule has 3 heterocycles. The van der Waals surface area contributed by atoms with Gasteiger partial charge in [-0.2, -0.15) is 0 Å². The summed E-state index contributed by atoms with van der Waals surface area (Å²) in [5, 5.41) is 3.46. The van der Waals surface area contributed by atoms with Gasteiger partial charge in [-0.1, -0.05) is 6.07 Å². The minimum Gasteiger partial charge on any atom is -0.337 e. The summed E-state index contributed by atoms with van der Waals surface area (Å²) in [5.74, 6) is 1.61. The van der Waals surface area contributed by atoms with Crippen molar-refractivity contribution in [3.05, 3.63) is 29.6 Å². The van der Waals surface area contributed by atoms with E-state index in [2.05, 4.69) is 10.3 Å². The van der Waals surface area contributed by atoms with Gasteiger partial charge in [0, 0.05) is 19.3 Å². The standard InChI is InChI=1S/C15H21N3O/c1-11-3-2-6-17-14(11)15(19)18-7-4-12-9-16-10-13(12)5-8-18/h2-3,6,12-13,16H,4-5,7-10H2,1H3/t12-,13+. The number of hydrogen-bond acceptors (Lipinski definition) is 3. The van der Waals surface area contributed by atoms with E-state index in [9.17, 15) is 4.79 Å². The number of nitrogens with zero attached hydrogens (tertiary/aromatic N) is 2. The van der Waals surface area contributed by atoms with Crippen LogP contribution in [-0.2, 0) is 0 Å². The quantitative estimate of drug-likeness (QED) is 0.830. The molecule has 1 N–H and O–H groups in total. The molecule has 4 heteroatoms. The first-order chi connectivity index (χ1) is 9.25. The van der Waals surface area contributed by atoms with E-state index in [0.717, 1.165) is 56.4 Å². The summed E-state index contributed by atoms with van der Waals surface area (Å²) in [6.45, 7) is 5.94. The van der Waals surface area contributed by atoms with Gasteiger partial charge in [0.25, 0.3) is 5.91 Å². The molecule has 0 radical (unpaired) electrons. The third kappa shape index (κ3) is 2.50. The van der Waals surface area contributed by atoms with Crippen LogP contribution in [0, 0.1) is 18.8 Å². The molecule has 1 amide bonds. The molecule has 1 aromatic heterocycles. The number of aromatic nitrogens is 1. The van der Waals surface area contributed by atoms with E-state index in [0.29, 0.717) is 5.69 Å². The van der Waals surface area contributed by atoms with Crippen molar-refractivity contribution < 1.29 is 4.79 Å². The van der Waals surface area contributed by atoms with Crippen molar-refractivity contribution in [3.63, 3.8) is 0 Å². The number of fused-ring (bicyclic) bond motifs is 1. The first kappa shape index (κ1) is 12.6. The number of rotatable bonds is 1. The molecule has 2 aliphatic heterocycles. The second-order valence-electron chi connectivity index (χ2n) is 5.72. The zero-order chi connectivity index (χ0) is 13.2. The van der Waals surface area contributed by atoms with Crippen molar-refractivity contribution in [2.24, 2.45) is 11.8 Å². The topological polar surface area (TPSA) is 45.2 Å². The second-order valence-corrected chi connectivity index (χ2v) is 5.72. The molecule has 102 valence electrons. The molecule has 2 saturated heterocycles. The largest absolute Gasteiger partial charge is 0.337 e. The number of pyridine rings is 1. The van der Waals surface area contributed by atoms with Crippen LogP contribution in [0.2, 0.25) is 0 Å². The van der Waals surface area contributed by atoms with Gasteiger partial charge in [0.15, 0.2) is 0 Å². The molecule has 0 saturated carbocycles. The van der Waals surface area contributed by atoms with Gasteiger partial charge >= 0.3 is 0 Å². The van der Waals surface area contributed by atoms with Gasteiger partial charge in [0.1, 0.15) is 5.69 Å². The summed E-state index contributed by atoms with van der Waals surface area (Å²) in [6, 6.07) is 3.83. The van der Waals surface area contributed by atoms with Crippen LogP contribution in [0.4, 0.5) is 0 Å². The van der Waals surface area contributed by atoms with E-state index >= 15 is 0 Å². The Bertz CT molecular complexity index is 460. The molecular formula is C15H21N3O. The fourth-order valence-electron chi connectivity index (χ4n) is 3.28. The van der Waals surface area contributed by atoms with Crippen LogP contribution >= 0.6 is 0 Å². The van der Waals surface area contributed by atoms with E-state index in [1.807, 2.05) is 24.0 Å². The van der Waals surface area contributed by atoms with E-state index in [-0.39, 0.29) is 5.91 Å². The van der Waals surface area contributed by atoms with Crippen molar-refractivity contribution in [1.29, 1.82) is 0 Å². The van der Waals surface area contributed by atoms with Crippen molar-refractivity contribution in [3.8, 4) is 0 Å². The predicted octanol–water partition coefficient (Wildman–Crippen LogP) is 1.46. The van der Waals surface area contributed by atoms with Crippen molar-refractivity contribution >= 4 is 5.91 Å². The number of carbonyl (C=O) groups is 1. The summed E-state index contributed by atoms with van der Waals surface area (Å²) in [4.78, 5) is 18.8. The van der Waals surface area contributed by atoms with Crippen LogP contribution in [0.1, 0.15) is 28.9 Å². The van der Waals surface area contributed by atoms with Crippen LogP contribution in [-0.4, -0.2) is 42.0 Å². The van der Waals surface area contributed by atoms with Gasteiger partial charge in [-0.15, -0.1) is 0 Å². The highest BCUT2D eigenvalue weighted by Crippen LogP contribution is 2.27. The first-order valence-electron chi connectivity index (χ1n) is 7.17. The fraction of sp³-hybridized carbons (Fsp3) is 0.600. The minimum atomic E-state index is 0.103. The van der Waals surface area contributed by atoms with Gasteiger partial charge < -0.3 is 10.2 Å². The Morgan fingerprint density at radius 2 is 2.00 bits per heavy atom. The van der Waals surface area contributed by atoms with Crippen molar-refractivity contribution in [2.45, 2.75) is 19.8 Å². The smallest absolute Gasteiger partial charge is 0.272 e. The number of amides is 1. The molecule has 2 atom stereocenters. The molecule has 2 fully saturated rings. The molecular weight excluding hydrogens is 238 g/mol. The highest BCUT2D eigenvalue weighted by atomic mass is 16.2. The van der Waals surface area contributed by atoms with Crippen LogP contribution in [0.5, 0.6) is 0 Å². The number of nitrogens with one attached hydrogen (secondary N) is 1. The lowest BCUT2D eigenvalue weighted by Gasteiger charge is -2.21. The highest BCUT2D eigenvalue weighted by molar-refractivity contribution is 5.93. The number of carbonyl (C=O) groups excluding carboxylic acids is 1. The molecule has 0 spiro atoms. The van der Waals surface area contributed by atoms with Crippen LogP contribution in [0.25, 0.3) is 0 Å². The number of likely N-dealkylation sites (tertiary alicyclic amines) is 1. The monoisotopic (exact) mass is 259 g/mol. The van der Waals surface area contributed by atoms with Crippen LogP contribution in [0.15, 0.2) is 18.3 Å². The SMILES string of the molecule is Cc1cccnc1C(=O)N1CC[C@@H]2CNC[C@@H]2CC1. The second kappa shape index (κ2) is 5.29. The Morgan fingerprint density at radius 1 is 1.32 bits per heavy atom. The Balaban J connectivity index is 1.72. The Labute approximate surface area is 114 Å². The average molecular weight is 259 g/mol. The van der Waals surface area contributed by atoms with Gasteiger partial charge in [0.05, 0.1) is 0 Å². The third-order valence-corrected chi connectivity index (χ3v) is 4.52. The molecule has 3 rings (SSSR count). The molecule has 0 bridgehead atoms. The molecule has 0 aromatic carbocycles. The molecule has 1 aromatic rings. The minimum absolute atomic E-state index is 0.103. The van der Waals surface area contributed by atoms with Crippen LogP contribution in [0.3, 0.4) is 0 Å². The normalized spacial score (nSPS) is 26.9. The lowest BCUT2D eigenvalue weighted by atomic mass is 9.92. The number of aryl methyl sites for hydroxylation is 1. The molecule has 4 nitrogen and oxygen atoms in total. The zero-order valence-corrected chi connectivity index (χ0v) is 11.4. The summed E-state index contributed by atoms with van der Waals surface area (Å²) in [5.41, 5.74) is 1.59. The van der Waals surface area contributed by atoms with Crippen molar-refractivity contribution in [1.82, 2.24) is 15.2 Å². The molecule has 0 unspecified atom stereocenters. The summed E-state index contributed by atoms with van der Waals surface area (Å²) >= 11 is 0. The fourth-order valence-corrected chi connectivity index (χ4v) is 3.28. The van der Waals surface area contributed by atoms with E-state index in [1.54, 1.807) is 6.20 Å². The third-order valence-electron chi connectivity index (χ3n) is 4.52. The number of hydrogen-bond donors (Lipinski definition) is 1. The molecule has 2 aliphatic rings. The maximum Gasteiger partial charge on any atom is 0.272 e. The van der Waals surface area contributed by atoms with E-state index in [4.69, 9.17) is 0 Å². The van der Waals surface area contributed by atoms with Gasteiger partial charge in [-0.25, -0.2) is 0 Å². The van der Waals surface area contributed by atoms with Gasteiger partial charge in [-0.05, 0) is 56.3 Å². The van der Waals surface area contributed by atoms with Crippen LogP contribution < -0.4 is 5.32 Å². The predicted molar refractivity (Wildman–Crippen MR) is 74.0 cm³/mol. The lowest BCUT2D eigenvalue weighted by Crippen LogP contribution is -2.33. The average Bonchev–Trinajstić information content (AvgIpc) is 2.78. The highest BCUT2D eigenvalue weighted by Gasteiger charge is 2.32. The van der Waals surface area contributed by atoms with Crippen molar-refractivity contribution in [2.75, 3.05) is 26.2 Å². The maximum atomic E-state index is 12.5. The Kier molecular flexibility index (Phi) is 3.51. The molecule has 19 heavy (non-hydrogen) atoms.